The van der Waals surface area contributed by atoms with Crippen LogP contribution in [0.25, 0.3) is 0 Å². The van der Waals surface area contributed by atoms with Crippen molar-refractivity contribution in [3.8, 4) is 0 Å². The van der Waals surface area contributed by atoms with E-state index in [1.54, 1.807) is 29.9 Å². The average molecular weight is 319 g/mol. The molecule has 0 aromatic carbocycles. The van der Waals surface area contributed by atoms with Gasteiger partial charge in [-0.15, -0.1) is 0 Å². The number of rotatable bonds is 7. The molecule has 0 aliphatic rings. The molecule has 0 spiro atoms. The zero-order chi connectivity index (χ0) is 16.8. The monoisotopic (exact) mass is 319 g/mol. The van der Waals surface area contributed by atoms with Gasteiger partial charge < -0.3 is 14.7 Å². The number of amides is 1. The number of hydrogen-bond acceptors (Lipinski definition) is 6. The molecule has 0 radical (unpaired) electrons. The highest BCUT2D eigenvalue weighted by Crippen LogP contribution is 2.08. The molecule has 1 N–H and O–H groups in total. The second-order valence-electron chi connectivity index (χ2n) is 4.76. The van der Waals surface area contributed by atoms with Crippen LogP contribution in [0.15, 0.2) is 24.7 Å². The zero-order valence-corrected chi connectivity index (χ0v) is 12.8. The first-order valence-corrected chi connectivity index (χ1v) is 6.83. The van der Waals surface area contributed by atoms with Crippen LogP contribution in [0.3, 0.4) is 0 Å². The van der Waals surface area contributed by atoms with Crippen molar-refractivity contribution in [2.24, 2.45) is 7.05 Å². The molecular weight excluding hydrogens is 302 g/mol. The van der Waals surface area contributed by atoms with Gasteiger partial charge in [-0.05, 0) is 6.07 Å². The van der Waals surface area contributed by atoms with Gasteiger partial charge in [0.15, 0.2) is 5.69 Å². The third-order valence-corrected chi connectivity index (χ3v) is 3.22. The van der Waals surface area contributed by atoms with E-state index in [0.717, 1.165) is 18.1 Å². The summed E-state index contributed by atoms with van der Waals surface area (Å²) in [6.45, 7) is 1.06. The summed E-state index contributed by atoms with van der Waals surface area (Å²) in [6, 6.07) is 1.81. The average Bonchev–Trinajstić information content (AvgIpc) is 2.95. The lowest BCUT2D eigenvalue weighted by Crippen LogP contribution is -2.34. The Balaban J connectivity index is 2.18. The molecule has 2 aromatic rings. The van der Waals surface area contributed by atoms with Gasteiger partial charge in [0, 0.05) is 26.9 Å². The first kappa shape index (κ1) is 16.6. The van der Waals surface area contributed by atoms with E-state index in [0.29, 0.717) is 19.7 Å². The molecule has 9 nitrogen and oxygen atoms in total. The number of carboxylic acids is 1. The van der Waals surface area contributed by atoms with Crippen LogP contribution in [0.1, 0.15) is 26.7 Å². The number of carbonyl (C=O) groups is 2. The van der Waals surface area contributed by atoms with Gasteiger partial charge in [0.05, 0.1) is 31.2 Å². The number of hydrogen-bond donors (Lipinski definition) is 1. The molecule has 2 heterocycles. The van der Waals surface area contributed by atoms with E-state index in [2.05, 4.69) is 15.1 Å². The number of ether oxygens (including phenoxy) is 1. The Morgan fingerprint density at radius 2 is 2.00 bits per heavy atom. The molecule has 1 amide bonds. The third-order valence-electron chi connectivity index (χ3n) is 3.22. The highest BCUT2D eigenvalue weighted by molar-refractivity contribution is 5.92. The highest BCUT2D eigenvalue weighted by Gasteiger charge is 2.19. The van der Waals surface area contributed by atoms with Crippen LogP contribution in [0.5, 0.6) is 0 Å². The van der Waals surface area contributed by atoms with Gasteiger partial charge >= 0.3 is 5.97 Å². The lowest BCUT2D eigenvalue weighted by molar-refractivity contribution is 0.0661. The maximum Gasteiger partial charge on any atom is 0.356 e. The predicted molar refractivity (Wildman–Crippen MR) is 78.8 cm³/mol. The Labute approximate surface area is 132 Å². The standard InChI is InChI=1S/C14H17N5O4/c1-18-10(3-4-17-18)9-19(5-6-23-2)13(20)11-7-16-12(8-15-11)14(21)22/h3-4,7-8H,5-6,9H2,1-2H3,(H,21,22). The minimum atomic E-state index is -1.19. The summed E-state index contributed by atoms with van der Waals surface area (Å²) >= 11 is 0. The third kappa shape index (κ3) is 4.10. The van der Waals surface area contributed by atoms with Crippen LogP contribution in [0, 0.1) is 0 Å². The molecule has 9 heteroatoms. The molecule has 2 rings (SSSR count). The summed E-state index contributed by atoms with van der Waals surface area (Å²) in [5.74, 6) is -1.55. The van der Waals surface area contributed by atoms with Crippen molar-refractivity contribution < 1.29 is 19.4 Å². The SMILES string of the molecule is COCCN(Cc1ccnn1C)C(=O)c1cnc(C(=O)O)cn1. The van der Waals surface area contributed by atoms with E-state index in [9.17, 15) is 9.59 Å². The molecule has 23 heavy (non-hydrogen) atoms. The number of aromatic carboxylic acids is 1. The van der Waals surface area contributed by atoms with Gasteiger partial charge in [-0.3, -0.25) is 9.48 Å². The fraction of sp³-hybridized carbons (Fsp3) is 0.357. The molecule has 122 valence electrons. The minimum absolute atomic E-state index is 0.0771. The largest absolute Gasteiger partial charge is 0.476 e. The van der Waals surface area contributed by atoms with Crippen LogP contribution in [0.4, 0.5) is 0 Å². The van der Waals surface area contributed by atoms with E-state index in [1.165, 1.54) is 0 Å². The predicted octanol–water partition coefficient (Wildman–Crippen LogP) is 0.197. The fourth-order valence-electron chi connectivity index (χ4n) is 1.92. The van der Waals surface area contributed by atoms with Crippen LogP contribution in [-0.4, -0.2) is 61.9 Å². The molecule has 0 saturated carbocycles. The summed E-state index contributed by atoms with van der Waals surface area (Å²) in [6.07, 6.45) is 3.87. The first-order valence-electron chi connectivity index (χ1n) is 6.83. The first-order chi connectivity index (χ1) is 11.0. The Kier molecular flexibility index (Phi) is 5.36. The molecule has 0 aliphatic heterocycles. The summed E-state index contributed by atoms with van der Waals surface area (Å²) in [5, 5.41) is 12.9. The van der Waals surface area contributed by atoms with Crippen LogP contribution in [0.2, 0.25) is 0 Å². The maximum absolute atomic E-state index is 12.6. The number of aryl methyl sites for hydroxylation is 1. The number of methoxy groups -OCH3 is 1. The van der Waals surface area contributed by atoms with Crippen molar-refractivity contribution in [2.45, 2.75) is 6.54 Å². The van der Waals surface area contributed by atoms with Crippen molar-refractivity contribution >= 4 is 11.9 Å². The van der Waals surface area contributed by atoms with Gasteiger partial charge in [-0.1, -0.05) is 0 Å². The Morgan fingerprint density at radius 3 is 2.52 bits per heavy atom. The molecular formula is C14H17N5O4. The minimum Gasteiger partial charge on any atom is -0.476 e. The summed E-state index contributed by atoms with van der Waals surface area (Å²) in [5.41, 5.74) is 0.717. The number of carbonyl (C=O) groups excluding carboxylic acids is 1. The molecule has 2 aromatic heterocycles. The van der Waals surface area contributed by atoms with Crippen LogP contribution >= 0.6 is 0 Å². The molecule has 0 fully saturated rings. The van der Waals surface area contributed by atoms with Crippen LogP contribution in [-0.2, 0) is 18.3 Å². The van der Waals surface area contributed by atoms with Crippen molar-refractivity contribution in [1.29, 1.82) is 0 Å². The van der Waals surface area contributed by atoms with Crippen LogP contribution < -0.4 is 0 Å². The quantitative estimate of drug-likeness (QED) is 0.776. The van der Waals surface area contributed by atoms with Gasteiger partial charge in [0.1, 0.15) is 5.69 Å². The molecule has 0 atom stereocenters. The van der Waals surface area contributed by atoms with E-state index in [4.69, 9.17) is 9.84 Å². The normalized spacial score (nSPS) is 10.5. The van der Waals surface area contributed by atoms with Gasteiger partial charge in [0.25, 0.3) is 5.91 Å². The van der Waals surface area contributed by atoms with E-state index >= 15 is 0 Å². The topological polar surface area (TPSA) is 110 Å². The van der Waals surface area contributed by atoms with Gasteiger partial charge in [-0.2, -0.15) is 5.10 Å². The van der Waals surface area contributed by atoms with E-state index < -0.39 is 5.97 Å². The zero-order valence-electron chi connectivity index (χ0n) is 12.8. The summed E-state index contributed by atoms with van der Waals surface area (Å²) < 4.78 is 6.70. The maximum atomic E-state index is 12.6. The van der Waals surface area contributed by atoms with Gasteiger partial charge in [0.2, 0.25) is 0 Å². The number of nitrogens with zero attached hydrogens (tertiary/aromatic N) is 5. The van der Waals surface area contributed by atoms with Crippen molar-refractivity contribution in [3.63, 3.8) is 0 Å². The Hall–Kier alpha value is -2.81. The van der Waals surface area contributed by atoms with Crippen molar-refractivity contribution in [1.82, 2.24) is 24.6 Å². The van der Waals surface area contributed by atoms with Crippen molar-refractivity contribution in [2.75, 3.05) is 20.3 Å². The fourth-order valence-corrected chi connectivity index (χ4v) is 1.92. The number of carboxylic acid groups (broad SMARTS) is 1. The molecule has 0 saturated heterocycles. The smallest absolute Gasteiger partial charge is 0.356 e. The molecule has 0 bridgehead atoms. The lowest BCUT2D eigenvalue weighted by atomic mass is 10.3. The van der Waals surface area contributed by atoms with Crippen molar-refractivity contribution in [3.05, 3.63) is 41.7 Å². The molecule has 0 aliphatic carbocycles. The number of aromatic nitrogens is 4. The summed E-state index contributed by atoms with van der Waals surface area (Å²) in [7, 11) is 3.34. The highest BCUT2D eigenvalue weighted by atomic mass is 16.5. The van der Waals surface area contributed by atoms with E-state index in [-0.39, 0.29) is 17.3 Å². The Morgan fingerprint density at radius 1 is 1.30 bits per heavy atom. The second-order valence-corrected chi connectivity index (χ2v) is 4.76. The van der Waals surface area contributed by atoms with Gasteiger partial charge in [-0.25, -0.2) is 14.8 Å². The second kappa shape index (κ2) is 7.45. The molecule has 0 unspecified atom stereocenters. The Bertz CT molecular complexity index is 683. The lowest BCUT2D eigenvalue weighted by Gasteiger charge is -2.21. The van der Waals surface area contributed by atoms with E-state index in [1.807, 2.05) is 6.07 Å². The summed E-state index contributed by atoms with van der Waals surface area (Å²) in [4.78, 5) is 32.5.